The highest BCUT2D eigenvalue weighted by molar-refractivity contribution is 7.16. The van der Waals surface area contributed by atoms with Crippen molar-refractivity contribution in [3.05, 3.63) is 16.6 Å². The summed E-state index contributed by atoms with van der Waals surface area (Å²) in [5.41, 5.74) is 0. The molecular formula is C7H6ClN3S. The molecule has 0 saturated heterocycles. The third-order valence-electron chi connectivity index (χ3n) is 1.50. The van der Waals surface area contributed by atoms with E-state index in [4.69, 9.17) is 11.6 Å². The van der Waals surface area contributed by atoms with Crippen LogP contribution in [0.4, 0.5) is 5.95 Å². The van der Waals surface area contributed by atoms with E-state index in [1.165, 1.54) is 0 Å². The van der Waals surface area contributed by atoms with Crippen LogP contribution < -0.4 is 5.32 Å². The molecule has 2 rings (SSSR count). The minimum atomic E-state index is 0.505. The van der Waals surface area contributed by atoms with Gasteiger partial charge in [-0.3, -0.25) is 0 Å². The van der Waals surface area contributed by atoms with Crippen LogP contribution in [0.25, 0.3) is 10.2 Å². The molecule has 0 saturated carbocycles. The Morgan fingerprint density at radius 3 is 3.08 bits per heavy atom. The first-order valence-corrected chi connectivity index (χ1v) is 4.65. The van der Waals surface area contributed by atoms with E-state index >= 15 is 0 Å². The standard InChI is InChI=1S/C7H6ClN3S/c1-9-7-10-5(8)4-2-3-12-6(4)11-7/h2-3H,1H3,(H,9,10,11). The van der Waals surface area contributed by atoms with Gasteiger partial charge in [-0.25, -0.2) is 9.97 Å². The zero-order chi connectivity index (χ0) is 8.55. The van der Waals surface area contributed by atoms with Crippen LogP contribution in [0.2, 0.25) is 5.15 Å². The van der Waals surface area contributed by atoms with Gasteiger partial charge in [-0.15, -0.1) is 11.3 Å². The number of thiophene rings is 1. The molecule has 0 unspecified atom stereocenters. The Bertz CT molecular complexity index is 412. The Balaban J connectivity index is 2.75. The maximum absolute atomic E-state index is 5.90. The lowest BCUT2D eigenvalue weighted by Crippen LogP contribution is -1.95. The van der Waals surface area contributed by atoms with Crippen molar-refractivity contribution in [2.45, 2.75) is 0 Å². The zero-order valence-electron chi connectivity index (χ0n) is 6.34. The second-order valence-corrected chi connectivity index (χ2v) is 3.48. The first-order chi connectivity index (χ1) is 5.81. The van der Waals surface area contributed by atoms with Crippen LogP contribution in [0.15, 0.2) is 11.4 Å². The molecule has 5 heteroatoms. The normalized spacial score (nSPS) is 10.5. The molecule has 0 radical (unpaired) electrons. The monoisotopic (exact) mass is 199 g/mol. The number of nitrogens with zero attached hydrogens (tertiary/aromatic N) is 2. The lowest BCUT2D eigenvalue weighted by Gasteiger charge is -1.98. The largest absolute Gasteiger partial charge is 0.357 e. The topological polar surface area (TPSA) is 37.8 Å². The maximum Gasteiger partial charge on any atom is 0.225 e. The van der Waals surface area contributed by atoms with Gasteiger partial charge in [0.25, 0.3) is 0 Å². The van der Waals surface area contributed by atoms with Crippen molar-refractivity contribution in [2.24, 2.45) is 0 Å². The van der Waals surface area contributed by atoms with Crippen LogP contribution in [-0.4, -0.2) is 17.0 Å². The van der Waals surface area contributed by atoms with Crippen molar-refractivity contribution in [3.63, 3.8) is 0 Å². The molecule has 0 fully saturated rings. The van der Waals surface area contributed by atoms with Gasteiger partial charge in [0.2, 0.25) is 5.95 Å². The number of anilines is 1. The van der Waals surface area contributed by atoms with E-state index in [1.807, 2.05) is 11.4 Å². The highest BCUT2D eigenvalue weighted by Crippen LogP contribution is 2.25. The van der Waals surface area contributed by atoms with E-state index in [1.54, 1.807) is 18.4 Å². The fourth-order valence-electron chi connectivity index (χ4n) is 0.931. The van der Waals surface area contributed by atoms with Crippen molar-refractivity contribution in [1.82, 2.24) is 9.97 Å². The van der Waals surface area contributed by atoms with Crippen LogP contribution in [0.3, 0.4) is 0 Å². The van der Waals surface area contributed by atoms with Gasteiger partial charge in [0.15, 0.2) is 0 Å². The predicted molar refractivity (Wildman–Crippen MR) is 52.0 cm³/mol. The Morgan fingerprint density at radius 2 is 2.33 bits per heavy atom. The van der Waals surface area contributed by atoms with E-state index < -0.39 is 0 Å². The van der Waals surface area contributed by atoms with E-state index in [9.17, 15) is 0 Å². The Labute approximate surface area is 78.4 Å². The summed E-state index contributed by atoms with van der Waals surface area (Å²) in [6.07, 6.45) is 0. The van der Waals surface area contributed by atoms with Crippen molar-refractivity contribution < 1.29 is 0 Å². The number of nitrogens with one attached hydrogen (secondary N) is 1. The molecule has 12 heavy (non-hydrogen) atoms. The quantitative estimate of drug-likeness (QED) is 0.717. The van der Waals surface area contributed by atoms with Crippen molar-refractivity contribution in [2.75, 3.05) is 12.4 Å². The molecule has 0 amide bonds. The summed E-state index contributed by atoms with van der Waals surface area (Å²) < 4.78 is 0. The molecule has 62 valence electrons. The van der Waals surface area contributed by atoms with Gasteiger partial charge in [-0.1, -0.05) is 11.6 Å². The summed E-state index contributed by atoms with van der Waals surface area (Å²) in [6, 6.07) is 1.92. The average molecular weight is 200 g/mol. The lowest BCUT2D eigenvalue weighted by molar-refractivity contribution is 1.20. The van der Waals surface area contributed by atoms with Gasteiger partial charge in [0, 0.05) is 12.4 Å². The minimum absolute atomic E-state index is 0.505. The molecule has 0 aromatic carbocycles. The minimum Gasteiger partial charge on any atom is -0.357 e. The van der Waals surface area contributed by atoms with Gasteiger partial charge >= 0.3 is 0 Å². The molecule has 0 bridgehead atoms. The third-order valence-corrected chi connectivity index (χ3v) is 2.60. The lowest BCUT2D eigenvalue weighted by atomic mass is 10.4. The number of halogens is 1. The predicted octanol–water partition coefficient (Wildman–Crippen LogP) is 2.39. The first-order valence-electron chi connectivity index (χ1n) is 3.40. The van der Waals surface area contributed by atoms with Gasteiger partial charge in [-0.05, 0) is 11.4 Å². The summed E-state index contributed by atoms with van der Waals surface area (Å²) >= 11 is 7.45. The van der Waals surface area contributed by atoms with Gasteiger partial charge in [-0.2, -0.15) is 0 Å². The van der Waals surface area contributed by atoms with Gasteiger partial charge in [0.1, 0.15) is 9.98 Å². The molecule has 0 aliphatic heterocycles. The number of hydrogen-bond acceptors (Lipinski definition) is 4. The maximum atomic E-state index is 5.90. The van der Waals surface area contributed by atoms with E-state index in [2.05, 4.69) is 15.3 Å². The molecule has 1 N–H and O–H groups in total. The highest BCUT2D eigenvalue weighted by atomic mass is 35.5. The highest BCUT2D eigenvalue weighted by Gasteiger charge is 2.04. The molecule has 2 aromatic heterocycles. The molecule has 2 heterocycles. The summed E-state index contributed by atoms with van der Waals surface area (Å²) in [5.74, 6) is 0.565. The molecular weight excluding hydrogens is 194 g/mol. The van der Waals surface area contributed by atoms with Crippen LogP contribution in [0.5, 0.6) is 0 Å². The van der Waals surface area contributed by atoms with Gasteiger partial charge in [0.05, 0.1) is 0 Å². The number of rotatable bonds is 1. The molecule has 0 atom stereocenters. The van der Waals surface area contributed by atoms with Gasteiger partial charge < -0.3 is 5.32 Å². The summed E-state index contributed by atoms with van der Waals surface area (Å²) in [6.45, 7) is 0. The zero-order valence-corrected chi connectivity index (χ0v) is 7.91. The van der Waals surface area contributed by atoms with Crippen LogP contribution in [-0.2, 0) is 0 Å². The van der Waals surface area contributed by atoms with Crippen LogP contribution >= 0.6 is 22.9 Å². The fraction of sp³-hybridized carbons (Fsp3) is 0.143. The molecule has 0 spiro atoms. The van der Waals surface area contributed by atoms with E-state index in [0.717, 1.165) is 10.2 Å². The van der Waals surface area contributed by atoms with Crippen LogP contribution in [0.1, 0.15) is 0 Å². The summed E-state index contributed by atoms with van der Waals surface area (Å²) in [7, 11) is 1.77. The van der Waals surface area contributed by atoms with E-state index in [0.29, 0.717) is 11.1 Å². The summed E-state index contributed by atoms with van der Waals surface area (Å²) in [4.78, 5) is 9.18. The smallest absolute Gasteiger partial charge is 0.225 e. The second kappa shape index (κ2) is 2.88. The third kappa shape index (κ3) is 1.13. The Morgan fingerprint density at radius 1 is 1.50 bits per heavy atom. The molecule has 2 aromatic rings. The SMILES string of the molecule is CNc1nc(Cl)c2ccsc2n1. The molecule has 3 nitrogen and oxygen atoms in total. The van der Waals surface area contributed by atoms with Crippen molar-refractivity contribution in [1.29, 1.82) is 0 Å². The summed E-state index contributed by atoms with van der Waals surface area (Å²) in [5, 5.41) is 6.22. The van der Waals surface area contributed by atoms with E-state index in [-0.39, 0.29) is 0 Å². The average Bonchev–Trinajstić information content (AvgIpc) is 2.52. The van der Waals surface area contributed by atoms with Crippen LogP contribution in [0, 0.1) is 0 Å². The number of fused-ring (bicyclic) bond motifs is 1. The molecule has 0 aliphatic rings. The number of aromatic nitrogens is 2. The first kappa shape index (κ1) is 7.76. The second-order valence-electron chi connectivity index (χ2n) is 2.23. The number of hydrogen-bond donors (Lipinski definition) is 1. The Hall–Kier alpha value is -0.870. The van der Waals surface area contributed by atoms with Crippen molar-refractivity contribution >= 4 is 39.1 Å². The molecule has 0 aliphatic carbocycles. The fourth-order valence-corrected chi connectivity index (χ4v) is 1.98. The van der Waals surface area contributed by atoms with Crippen molar-refractivity contribution in [3.8, 4) is 0 Å². The Kier molecular flexibility index (Phi) is 1.86.